The molecular weight excluding hydrogens is 180 g/mol. The lowest BCUT2D eigenvalue weighted by molar-refractivity contribution is -0.134. The van der Waals surface area contributed by atoms with Crippen LogP contribution in [0.5, 0.6) is 0 Å². The van der Waals surface area contributed by atoms with Gasteiger partial charge in [-0.25, -0.2) is 0 Å². The van der Waals surface area contributed by atoms with E-state index in [9.17, 15) is 9.90 Å². The summed E-state index contributed by atoms with van der Waals surface area (Å²) in [6.45, 7) is 5.64. The molecule has 0 aliphatic heterocycles. The average molecular weight is 202 g/mol. The second kappa shape index (κ2) is 5.32. The molecule has 0 spiro atoms. The van der Waals surface area contributed by atoms with Crippen molar-refractivity contribution in [3.8, 4) is 0 Å². The fourth-order valence-electron chi connectivity index (χ4n) is 1.38. The average Bonchev–Trinajstić information content (AvgIpc) is 2.00. The molecule has 4 heteroatoms. The van der Waals surface area contributed by atoms with Crippen LogP contribution in [0.25, 0.3) is 0 Å². The molecule has 3 N–H and O–H groups in total. The van der Waals surface area contributed by atoms with Crippen LogP contribution in [-0.2, 0) is 4.79 Å². The predicted molar refractivity (Wildman–Crippen MR) is 56.8 cm³/mol. The fourth-order valence-corrected chi connectivity index (χ4v) is 1.38. The Morgan fingerprint density at radius 3 is 2.43 bits per heavy atom. The Bertz CT molecular complexity index is 187. The first-order chi connectivity index (χ1) is 6.28. The molecular formula is C10H22N2O2. The van der Waals surface area contributed by atoms with Crippen LogP contribution in [0.4, 0.5) is 0 Å². The van der Waals surface area contributed by atoms with Gasteiger partial charge in [0.25, 0.3) is 0 Å². The molecule has 0 heterocycles. The molecule has 0 aromatic rings. The van der Waals surface area contributed by atoms with Crippen molar-refractivity contribution in [2.45, 2.75) is 45.3 Å². The summed E-state index contributed by atoms with van der Waals surface area (Å²) in [6, 6.07) is -0.438. The molecule has 84 valence electrons. The maximum Gasteiger partial charge on any atom is 0.239 e. The van der Waals surface area contributed by atoms with Crippen molar-refractivity contribution in [1.29, 1.82) is 0 Å². The summed E-state index contributed by atoms with van der Waals surface area (Å²) in [5.41, 5.74) is 4.81. The molecule has 0 radical (unpaired) electrons. The van der Waals surface area contributed by atoms with Gasteiger partial charge in [0, 0.05) is 13.6 Å². The second-order valence-corrected chi connectivity index (χ2v) is 4.40. The predicted octanol–water partition coefficient (Wildman–Crippen LogP) is 0.343. The van der Waals surface area contributed by atoms with E-state index in [1.807, 2.05) is 6.92 Å². The van der Waals surface area contributed by atoms with Gasteiger partial charge < -0.3 is 15.7 Å². The number of hydrogen-bond donors (Lipinski definition) is 2. The highest BCUT2D eigenvalue weighted by molar-refractivity contribution is 5.81. The third-order valence-electron chi connectivity index (χ3n) is 1.92. The maximum atomic E-state index is 11.6. The number of rotatable bonds is 5. The number of carbonyl (C=O) groups is 1. The minimum atomic E-state index is -0.865. The third-order valence-corrected chi connectivity index (χ3v) is 1.92. The normalized spacial score (nSPS) is 13.9. The molecule has 4 nitrogen and oxygen atoms in total. The molecule has 0 saturated carbocycles. The molecule has 1 amide bonds. The Morgan fingerprint density at radius 2 is 2.07 bits per heavy atom. The van der Waals surface area contributed by atoms with Gasteiger partial charge in [-0.05, 0) is 20.3 Å². The minimum Gasteiger partial charge on any atom is -0.389 e. The van der Waals surface area contributed by atoms with Gasteiger partial charge in [0.1, 0.15) is 0 Å². The summed E-state index contributed by atoms with van der Waals surface area (Å²) in [6.07, 6.45) is 1.58. The Morgan fingerprint density at radius 1 is 1.57 bits per heavy atom. The topological polar surface area (TPSA) is 66.6 Å². The second-order valence-electron chi connectivity index (χ2n) is 4.40. The SMILES string of the molecule is CCC[C@@H](N)C(=O)N(C)CC(C)(C)O. The van der Waals surface area contributed by atoms with Crippen LogP contribution in [0.1, 0.15) is 33.6 Å². The summed E-state index contributed by atoms with van der Waals surface area (Å²) >= 11 is 0. The molecule has 0 aromatic carbocycles. The van der Waals surface area contributed by atoms with Gasteiger partial charge in [0.2, 0.25) is 5.91 Å². The standard InChI is InChI=1S/C10H22N2O2/c1-5-6-8(11)9(13)12(4)7-10(2,3)14/h8,14H,5-7,11H2,1-4H3/t8-/m1/s1. The van der Waals surface area contributed by atoms with Gasteiger partial charge in [-0.15, -0.1) is 0 Å². The van der Waals surface area contributed by atoms with Gasteiger partial charge in [-0.1, -0.05) is 13.3 Å². The highest BCUT2D eigenvalue weighted by Gasteiger charge is 2.22. The van der Waals surface area contributed by atoms with Crippen LogP contribution in [-0.4, -0.2) is 41.1 Å². The van der Waals surface area contributed by atoms with Gasteiger partial charge in [0.05, 0.1) is 11.6 Å². The van der Waals surface area contributed by atoms with Crippen LogP contribution in [0.15, 0.2) is 0 Å². The molecule has 1 atom stereocenters. The molecule has 14 heavy (non-hydrogen) atoms. The van der Waals surface area contributed by atoms with Gasteiger partial charge in [-0.2, -0.15) is 0 Å². The third kappa shape index (κ3) is 5.19. The molecule has 0 aromatic heterocycles. The largest absolute Gasteiger partial charge is 0.389 e. The van der Waals surface area contributed by atoms with E-state index in [4.69, 9.17) is 5.73 Å². The van der Waals surface area contributed by atoms with E-state index in [0.717, 1.165) is 6.42 Å². The van der Waals surface area contributed by atoms with Gasteiger partial charge in [-0.3, -0.25) is 4.79 Å². The first kappa shape index (κ1) is 13.4. The molecule has 0 unspecified atom stereocenters. The van der Waals surface area contributed by atoms with Crippen molar-refractivity contribution in [2.75, 3.05) is 13.6 Å². The quantitative estimate of drug-likeness (QED) is 0.675. The molecule has 0 aliphatic rings. The monoisotopic (exact) mass is 202 g/mol. The molecule has 0 fully saturated rings. The number of nitrogens with zero attached hydrogens (tertiary/aromatic N) is 1. The highest BCUT2D eigenvalue weighted by Crippen LogP contribution is 2.05. The van der Waals surface area contributed by atoms with Crippen molar-refractivity contribution in [2.24, 2.45) is 5.73 Å². The van der Waals surface area contributed by atoms with E-state index < -0.39 is 11.6 Å². The van der Waals surface area contributed by atoms with E-state index in [1.165, 1.54) is 4.90 Å². The number of nitrogens with two attached hydrogens (primary N) is 1. The molecule has 0 bridgehead atoms. The van der Waals surface area contributed by atoms with Crippen LogP contribution < -0.4 is 5.73 Å². The summed E-state index contributed by atoms with van der Waals surface area (Å²) in [5.74, 6) is -0.103. The number of amides is 1. The minimum absolute atomic E-state index is 0.103. The summed E-state index contributed by atoms with van der Waals surface area (Å²) in [4.78, 5) is 13.1. The first-order valence-electron chi connectivity index (χ1n) is 5.01. The van der Waals surface area contributed by atoms with E-state index in [2.05, 4.69) is 0 Å². The lowest BCUT2D eigenvalue weighted by Gasteiger charge is -2.27. The zero-order valence-electron chi connectivity index (χ0n) is 9.58. The van der Waals surface area contributed by atoms with E-state index in [1.54, 1.807) is 20.9 Å². The fraction of sp³-hybridized carbons (Fsp3) is 0.900. The van der Waals surface area contributed by atoms with Crippen LogP contribution >= 0.6 is 0 Å². The highest BCUT2D eigenvalue weighted by atomic mass is 16.3. The smallest absolute Gasteiger partial charge is 0.239 e. The summed E-state index contributed by atoms with van der Waals surface area (Å²) < 4.78 is 0. The number of hydrogen-bond acceptors (Lipinski definition) is 3. The maximum absolute atomic E-state index is 11.6. The first-order valence-corrected chi connectivity index (χ1v) is 5.01. The zero-order chi connectivity index (χ0) is 11.4. The Hall–Kier alpha value is -0.610. The Labute approximate surface area is 86.1 Å². The van der Waals surface area contributed by atoms with Crippen LogP contribution in [0.3, 0.4) is 0 Å². The van der Waals surface area contributed by atoms with E-state index >= 15 is 0 Å². The zero-order valence-corrected chi connectivity index (χ0v) is 9.58. The number of likely N-dealkylation sites (N-methyl/N-ethyl adjacent to an activating group) is 1. The van der Waals surface area contributed by atoms with Crippen LogP contribution in [0.2, 0.25) is 0 Å². The van der Waals surface area contributed by atoms with Crippen molar-refractivity contribution < 1.29 is 9.90 Å². The van der Waals surface area contributed by atoms with Crippen molar-refractivity contribution in [3.63, 3.8) is 0 Å². The van der Waals surface area contributed by atoms with Crippen molar-refractivity contribution in [3.05, 3.63) is 0 Å². The summed E-state index contributed by atoms with van der Waals surface area (Å²) in [7, 11) is 1.66. The summed E-state index contributed by atoms with van der Waals surface area (Å²) in [5, 5.41) is 9.51. The van der Waals surface area contributed by atoms with Gasteiger partial charge in [0.15, 0.2) is 0 Å². The molecule has 0 saturated heterocycles. The molecule has 0 aliphatic carbocycles. The Balaban J connectivity index is 4.12. The number of aliphatic hydroxyl groups is 1. The van der Waals surface area contributed by atoms with Crippen LogP contribution in [0, 0.1) is 0 Å². The van der Waals surface area contributed by atoms with E-state index in [0.29, 0.717) is 13.0 Å². The van der Waals surface area contributed by atoms with Gasteiger partial charge >= 0.3 is 0 Å². The lowest BCUT2D eigenvalue weighted by Crippen LogP contribution is -2.46. The molecule has 0 rings (SSSR count). The van der Waals surface area contributed by atoms with Crippen molar-refractivity contribution >= 4 is 5.91 Å². The van der Waals surface area contributed by atoms with Crippen molar-refractivity contribution in [1.82, 2.24) is 4.90 Å². The van der Waals surface area contributed by atoms with E-state index in [-0.39, 0.29) is 5.91 Å². The Kier molecular flexibility index (Phi) is 5.08. The lowest BCUT2D eigenvalue weighted by atomic mass is 10.1. The number of carbonyl (C=O) groups excluding carboxylic acids is 1.